The number of aldehydes is 1. The van der Waals surface area contributed by atoms with Crippen LogP contribution in [0.4, 0.5) is 0 Å². The van der Waals surface area contributed by atoms with Gasteiger partial charge >= 0.3 is 0 Å². The number of Topliss-reactive ketones (excluding diaryl/α,β-unsaturated/α-hetero) is 1. The molecule has 0 unspecified atom stereocenters. The number of rotatable bonds is 4. The van der Waals surface area contributed by atoms with Crippen molar-refractivity contribution in [1.82, 2.24) is 0 Å². The first-order chi connectivity index (χ1) is 10.3. The van der Waals surface area contributed by atoms with Crippen molar-refractivity contribution in [2.45, 2.75) is 0 Å². The molecule has 3 heteroatoms. The van der Waals surface area contributed by atoms with Gasteiger partial charge in [0.1, 0.15) is 0 Å². The average Bonchev–Trinajstić information content (AvgIpc) is 3.00. The van der Waals surface area contributed by atoms with Gasteiger partial charge in [-0.05, 0) is 11.1 Å². The molecule has 0 spiro atoms. The van der Waals surface area contributed by atoms with E-state index >= 15 is 0 Å². The van der Waals surface area contributed by atoms with Crippen LogP contribution in [0.2, 0.25) is 0 Å². The van der Waals surface area contributed by atoms with Crippen LogP contribution < -0.4 is 0 Å². The number of hydrogen-bond donors (Lipinski definition) is 0. The van der Waals surface area contributed by atoms with Crippen LogP contribution in [0.3, 0.4) is 0 Å². The minimum atomic E-state index is -0.656. The van der Waals surface area contributed by atoms with Crippen LogP contribution in [0, 0.1) is 0 Å². The Labute approximate surface area is 121 Å². The average molecular weight is 276 g/mol. The molecule has 1 heterocycles. The van der Waals surface area contributed by atoms with Gasteiger partial charge in [0.25, 0.3) is 5.78 Å². The number of carbonyl (C=O) groups excluding carboxylic acids is 2. The van der Waals surface area contributed by atoms with Crippen LogP contribution in [0.15, 0.2) is 71.3 Å². The van der Waals surface area contributed by atoms with Crippen LogP contribution in [0.5, 0.6) is 0 Å². The molecule has 1 aromatic heterocycles. The number of ketones is 1. The third-order valence-electron chi connectivity index (χ3n) is 3.27. The zero-order valence-corrected chi connectivity index (χ0v) is 11.2. The minimum Gasteiger partial charge on any atom is -0.459 e. The van der Waals surface area contributed by atoms with Crippen molar-refractivity contribution in [1.29, 1.82) is 0 Å². The van der Waals surface area contributed by atoms with Gasteiger partial charge in [0.15, 0.2) is 12.0 Å². The van der Waals surface area contributed by atoms with Gasteiger partial charge in [-0.3, -0.25) is 9.59 Å². The Bertz CT molecular complexity index is 771. The second-order valence-corrected chi connectivity index (χ2v) is 4.57. The van der Waals surface area contributed by atoms with E-state index in [0.717, 1.165) is 16.7 Å². The molecule has 3 aromatic rings. The lowest BCUT2D eigenvalue weighted by Gasteiger charge is -2.05. The summed E-state index contributed by atoms with van der Waals surface area (Å²) in [5.41, 5.74) is 3.23. The zero-order valence-electron chi connectivity index (χ0n) is 11.2. The summed E-state index contributed by atoms with van der Waals surface area (Å²) in [7, 11) is 0. The van der Waals surface area contributed by atoms with Gasteiger partial charge in [-0.15, -0.1) is 0 Å². The highest BCUT2D eigenvalue weighted by Crippen LogP contribution is 2.36. The largest absolute Gasteiger partial charge is 0.459 e. The Morgan fingerprint density at radius 1 is 0.857 bits per heavy atom. The van der Waals surface area contributed by atoms with Crippen molar-refractivity contribution < 1.29 is 14.0 Å². The van der Waals surface area contributed by atoms with E-state index in [2.05, 4.69) is 0 Å². The molecule has 0 aliphatic heterocycles. The van der Waals surface area contributed by atoms with Crippen molar-refractivity contribution in [3.63, 3.8) is 0 Å². The molecule has 0 saturated heterocycles. The highest BCUT2D eigenvalue weighted by Gasteiger charge is 2.21. The van der Waals surface area contributed by atoms with Gasteiger partial charge in [0.05, 0.1) is 6.26 Å². The van der Waals surface area contributed by atoms with Crippen molar-refractivity contribution >= 4 is 12.1 Å². The van der Waals surface area contributed by atoms with Crippen LogP contribution in [0.25, 0.3) is 22.3 Å². The molecule has 3 nitrogen and oxygen atoms in total. The lowest BCUT2D eigenvalue weighted by atomic mass is 9.96. The molecule has 0 fully saturated rings. The van der Waals surface area contributed by atoms with Crippen LogP contribution in [0.1, 0.15) is 10.6 Å². The first-order valence-electron chi connectivity index (χ1n) is 6.53. The zero-order chi connectivity index (χ0) is 14.7. The van der Waals surface area contributed by atoms with E-state index in [1.165, 1.54) is 6.26 Å². The second-order valence-electron chi connectivity index (χ2n) is 4.57. The molecule has 3 rings (SSSR count). The molecule has 0 atom stereocenters. The Hall–Kier alpha value is -2.94. The lowest BCUT2D eigenvalue weighted by Crippen LogP contribution is -2.00. The predicted molar refractivity (Wildman–Crippen MR) is 80.0 cm³/mol. The summed E-state index contributed by atoms with van der Waals surface area (Å²) < 4.78 is 5.38. The molecule has 0 radical (unpaired) electrons. The molecular weight excluding hydrogens is 264 g/mol. The summed E-state index contributed by atoms with van der Waals surface area (Å²) in [5.74, 6) is -0.578. The third kappa shape index (κ3) is 2.41. The second kappa shape index (κ2) is 5.59. The molecule has 21 heavy (non-hydrogen) atoms. The van der Waals surface area contributed by atoms with E-state index in [0.29, 0.717) is 5.56 Å². The fourth-order valence-electron chi connectivity index (χ4n) is 2.31. The van der Waals surface area contributed by atoms with Gasteiger partial charge in [-0.25, -0.2) is 0 Å². The van der Waals surface area contributed by atoms with Gasteiger partial charge < -0.3 is 4.42 Å². The number of benzene rings is 2. The summed E-state index contributed by atoms with van der Waals surface area (Å²) in [6, 6.07) is 19.1. The number of carbonyl (C=O) groups is 2. The van der Waals surface area contributed by atoms with E-state index in [4.69, 9.17) is 4.42 Å². The molecule has 102 valence electrons. The van der Waals surface area contributed by atoms with E-state index < -0.39 is 5.78 Å². The third-order valence-corrected chi connectivity index (χ3v) is 3.27. The Morgan fingerprint density at radius 2 is 1.43 bits per heavy atom. The van der Waals surface area contributed by atoms with Gasteiger partial charge in [-0.1, -0.05) is 60.7 Å². The normalized spacial score (nSPS) is 10.3. The topological polar surface area (TPSA) is 47.3 Å². The SMILES string of the molecule is O=CC(=O)c1occ(-c2ccccc2)c1-c1ccccc1. The molecule has 0 aliphatic carbocycles. The number of furan rings is 1. The highest BCUT2D eigenvalue weighted by molar-refractivity contribution is 6.34. The molecule has 0 N–H and O–H groups in total. The van der Waals surface area contributed by atoms with Crippen LogP contribution in [-0.2, 0) is 4.79 Å². The van der Waals surface area contributed by atoms with Gasteiger partial charge in [0, 0.05) is 11.1 Å². The van der Waals surface area contributed by atoms with Gasteiger partial charge in [-0.2, -0.15) is 0 Å². The minimum absolute atomic E-state index is 0.0788. The monoisotopic (exact) mass is 276 g/mol. The quantitative estimate of drug-likeness (QED) is 0.411. The molecule has 0 aliphatic rings. The van der Waals surface area contributed by atoms with Crippen molar-refractivity contribution in [2.75, 3.05) is 0 Å². The van der Waals surface area contributed by atoms with E-state index in [1.807, 2.05) is 60.7 Å². The molecule has 2 aromatic carbocycles. The first kappa shape index (κ1) is 13.1. The maximum absolute atomic E-state index is 11.8. The molecule has 0 bridgehead atoms. The summed E-state index contributed by atoms with van der Waals surface area (Å²) >= 11 is 0. The maximum atomic E-state index is 11.8. The number of hydrogen-bond acceptors (Lipinski definition) is 3. The summed E-state index contributed by atoms with van der Waals surface area (Å²) in [5, 5.41) is 0. The predicted octanol–water partition coefficient (Wildman–Crippen LogP) is 4.00. The fourth-order valence-corrected chi connectivity index (χ4v) is 2.31. The summed E-state index contributed by atoms with van der Waals surface area (Å²) in [6.07, 6.45) is 1.80. The lowest BCUT2D eigenvalue weighted by molar-refractivity contribution is -0.104. The van der Waals surface area contributed by atoms with Gasteiger partial charge in [0.2, 0.25) is 0 Å². The molecule has 0 saturated carbocycles. The Balaban J connectivity index is 2.25. The Kier molecular flexibility index (Phi) is 3.48. The van der Waals surface area contributed by atoms with Crippen LogP contribution in [-0.4, -0.2) is 12.1 Å². The van der Waals surface area contributed by atoms with Crippen molar-refractivity contribution in [3.05, 3.63) is 72.7 Å². The molecular formula is C18H12O3. The fraction of sp³-hybridized carbons (Fsp3) is 0. The van der Waals surface area contributed by atoms with E-state index in [1.54, 1.807) is 0 Å². The van der Waals surface area contributed by atoms with Crippen LogP contribution >= 0.6 is 0 Å². The summed E-state index contributed by atoms with van der Waals surface area (Å²) in [6.45, 7) is 0. The standard InChI is InChI=1S/C18H12O3/c19-11-16(20)18-17(14-9-5-2-6-10-14)15(12-21-18)13-7-3-1-4-8-13/h1-12H. The Morgan fingerprint density at radius 3 is 2.00 bits per heavy atom. The molecule has 0 amide bonds. The van der Waals surface area contributed by atoms with E-state index in [9.17, 15) is 9.59 Å². The maximum Gasteiger partial charge on any atom is 0.261 e. The smallest absolute Gasteiger partial charge is 0.261 e. The summed E-state index contributed by atoms with van der Waals surface area (Å²) in [4.78, 5) is 22.6. The van der Waals surface area contributed by atoms with E-state index in [-0.39, 0.29) is 12.0 Å². The highest BCUT2D eigenvalue weighted by atomic mass is 16.3. The first-order valence-corrected chi connectivity index (χ1v) is 6.53. The van der Waals surface area contributed by atoms with Crippen molar-refractivity contribution in [2.24, 2.45) is 0 Å². The van der Waals surface area contributed by atoms with Crippen molar-refractivity contribution in [3.8, 4) is 22.3 Å².